The second-order valence-electron chi connectivity index (χ2n) is 8.43. The van der Waals surface area contributed by atoms with Crippen LogP contribution in [0.15, 0.2) is 6.07 Å². The van der Waals surface area contributed by atoms with Gasteiger partial charge in [-0.15, -0.1) is 0 Å². The van der Waals surface area contributed by atoms with Gasteiger partial charge >= 0.3 is 12.1 Å². The molecule has 1 saturated heterocycles. The number of hydrogen-bond donors (Lipinski definition) is 4. The highest BCUT2D eigenvalue weighted by Gasteiger charge is 2.42. The van der Waals surface area contributed by atoms with E-state index in [0.29, 0.717) is 24.0 Å². The Bertz CT molecular complexity index is 837. The Balaban J connectivity index is 0.000000509. The van der Waals surface area contributed by atoms with E-state index in [0.717, 1.165) is 32.5 Å². The number of carbonyl (C=O) groups is 3. The molecular formula is C21H33F3N6O4. The second-order valence-corrected chi connectivity index (χ2v) is 8.43. The fraction of sp³-hybridized carbons (Fsp3) is 0.714. The molecule has 2 atom stereocenters. The van der Waals surface area contributed by atoms with Crippen LogP contribution in [0.5, 0.6) is 0 Å². The molecule has 2 heterocycles. The van der Waals surface area contributed by atoms with Gasteiger partial charge in [-0.3, -0.25) is 19.6 Å². The lowest BCUT2D eigenvalue weighted by atomic mass is 9.93. The summed E-state index contributed by atoms with van der Waals surface area (Å²) in [5.41, 5.74) is 5.95. The maximum absolute atomic E-state index is 13.1. The van der Waals surface area contributed by atoms with E-state index in [1.54, 1.807) is 0 Å². The molecule has 192 valence electrons. The summed E-state index contributed by atoms with van der Waals surface area (Å²) in [6.07, 6.45) is 1.57. The first-order chi connectivity index (χ1) is 16.0. The van der Waals surface area contributed by atoms with Gasteiger partial charge in [0.15, 0.2) is 0 Å². The number of carboxylic acid groups (broad SMARTS) is 1. The summed E-state index contributed by atoms with van der Waals surface area (Å²) in [5.74, 6) is -2.49. The van der Waals surface area contributed by atoms with Crippen LogP contribution in [0.1, 0.15) is 62.9 Å². The van der Waals surface area contributed by atoms with Gasteiger partial charge in [-0.25, -0.2) is 4.79 Å². The SMILES string of the molecule is CCN(CC)C(=O)[C@@H]1C[C@@H](NC(=O)c2cc(N)n[nH]2)CN1C1CCCCC1.O=C(O)C(F)(F)F. The van der Waals surface area contributed by atoms with E-state index in [1.165, 1.54) is 25.3 Å². The molecule has 0 unspecified atom stereocenters. The van der Waals surface area contributed by atoms with E-state index in [-0.39, 0.29) is 23.9 Å². The largest absolute Gasteiger partial charge is 0.490 e. The van der Waals surface area contributed by atoms with Gasteiger partial charge in [0.1, 0.15) is 11.5 Å². The molecule has 1 aromatic rings. The van der Waals surface area contributed by atoms with Crippen LogP contribution >= 0.6 is 0 Å². The minimum absolute atomic E-state index is 0.0477. The number of amides is 2. The zero-order chi connectivity index (χ0) is 25.5. The maximum atomic E-state index is 13.1. The summed E-state index contributed by atoms with van der Waals surface area (Å²) >= 11 is 0. The Labute approximate surface area is 196 Å². The minimum Gasteiger partial charge on any atom is -0.475 e. The van der Waals surface area contributed by atoms with Crippen LogP contribution < -0.4 is 11.1 Å². The molecule has 3 rings (SSSR count). The normalized spacial score (nSPS) is 21.4. The van der Waals surface area contributed by atoms with Crippen molar-refractivity contribution in [1.82, 2.24) is 25.3 Å². The second kappa shape index (κ2) is 12.0. The van der Waals surface area contributed by atoms with Crippen molar-refractivity contribution in [2.45, 2.75) is 76.7 Å². The molecule has 0 bridgehead atoms. The van der Waals surface area contributed by atoms with E-state index in [2.05, 4.69) is 20.4 Å². The van der Waals surface area contributed by atoms with Gasteiger partial charge < -0.3 is 21.1 Å². The number of nitrogens with two attached hydrogens (primary N) is 1. The topological polar surface area (TPSA) is 145 Å². The molecule has 2 fully saturated rings. The Morgan fingerprint density at radius 3 is 2.29 bits per heavy atom. The number of nitrogens with one attached hydrogen (secondary N) is 2. The lowest BCUT2D eigenvalue weighted by Crippen LogP contribution is -2.49. The molecule has 10 nitrogen and oxygen atoms in total. The van der Waals surface area contributed by atoms with Gasteiger partial charge in [0.25, 0.3) is 5.91 Å². The molecule has 2 aliphatic rings. The van der Waals surface area contributed by atoms with Crippen molar-refractivity contribution < 1.29 is 32.7 Å². The number of halogens is 3. The Hall–Kier alpha value is -2.83. The number of rotatable bonds is 6. The molecule has 1 aromatic heterocycles. The third-order valence-corrected chi connectivity index (χ3v) is 6.16. The predicted molar refractivity (Wildman–Crippen MR) is 118 cm³/mol. The first-order valence-electron chi connectivity index (χ1n) is 11.4. The molecule has 13 heteroatoms. The van der Waals surface area contributed by atoms with Crippen molar-refractivity contribution in [2.75, 3.05) is 25.4 Å². The number of nitrogens with zero attached hydrogens (tertiary/aromatic N) is 3. The fourth-order valence-electron chi connectivity index (χ4n) is 4.49. The highest BCUT2D eigenvalue weighted by molar-refractivity contribution is 5.93. The van der Waals surface area contributed by atoms with Gasteiger partial charge in [0.05, 0.1) is 6.04 Å². The predicted octanol–water partition coefficient (Wildman–Crippen LogP) is 2.00. The summed E-state index contributed by atoms with van der Waals surface area (Å²) in [5, 5.41) is 16.6. The standard InChI is InChI=1S/C19H32N6O2.C2HF3O2/c1-3-24(4-2)19(27)16-10-13(12-25(16)14-8-6-5-7-9-14)21-18(26)15-11-17(20)23-22-15;3-2(4,5)1(6)7/h11,13-14,16H,3-10,12H2,1-2H3,(H,21,26)(H3,20,22,23);(H,6,7)/t13-,16+;/m1./s1. The molecule has 34 heavy (non-hydrogen) atoms. The number of H-pyrrole nitrogens is 1. The number of nitrogen functional groups attached to an aromatic ring is 1. The van der Waals surface area contributed by atoms with Crippen LogP contribution in [0.25, 0.3) is 0 Å². The van der Waals surface area contributed by atoms with Crippen molar-refractivity contribution in [1.29, 1.82) is 0 Å². The van der Waals surface area contributed by atoms with Crippen LogP contribution in [0.3, 0.4) is 0 Å². The number of likely N-dealkylation sites (tertiary alicyclic amines) is 1. The summed E-state index contributed by atoms with van der Waals surface area (Å²) < 4.78 is 31.7. The number of likely N-dealkylation sites (N-methyl/N-ethyl adjacent to an activating group) is 1. The molecule has 0 aromatic carbocycles. The van der Waals surface area contributed by atoms with E-state index < -0.39 is 12.1 Å². The lowest BCUT2D eigenvalue weighted by molar-refractivity contribution is -0.192. The molecule has 1 saturated carbocycles. The molecule has 0 spiro atoms. The fourth-order valence-corrected chi connectivity index (χ4v) is 4.49. The highest BCUT2D eigenvalue weighted by atomic mass is 19.4. The van der Waals surface area contributed by atoms with Crippen LogP contribution in [-0.4, -0.2) is 86.8 Å². The number of hydrogen-bond acceptors (Lipinski definition) is 6. The van der Waals surface area contributed by atoms with Crippen molar-refractivity contribution in [3.8, 4) is 0 Å². The molecule has 1 aliphatic heterocycles. The first-order valence-corrected chi connectivity index (χ1v) is 11.4. The van der Waals surface area contributed by atoms with Crippen LogP contribution in [0.2, 0.25) is 0 Å². The quantitative estimate of drug-likeness (QED) is 0.477. The Morgan fingerprint density at radius 2 is 1.82 bits per heavy atom. The van der Waals surface area contributed by atoms with E-state index >= 15 is 0 Å². The van der Waals surface area contributed by atoms with Crippen LogP contribution in [0, 0.1) is 0 Å². The summed E-state index contributed by atoms with van der Waals surface area (Å²) in [7, 11) is 0. The smallest absolute Gasteiger partial charge is 0.475 e. The molecule has 2 amide bonds. The third kappa shape index (κ3) is 7.34. The van der Waals surface area contributed by atoms with Gasteiger partial charge in [-0.05, 0) is 33.1 Å². The average Bonchev–Trinajstić information content (AvgIpc) is 3.41. The number of aromatic amines is 1. The highest BCUT2D eigenvalue weighted by Crippen LogP contribution is 2.30. The number of carbonyl (C=O) groups excluding carboxylic acids is 2. The zero-order valence-electron chi connectivity index (χ0n) is 19.4. The van der Waals surface area contributed by atoms with Crippen LogP contribution in [0.4, 0.5) is 19.0 Å². The maximum Gasteiger partial charge on any atom is 0.490 e. The monoisotopic (exact) mass is 490 g/mol. The number of aromatic nitrogens is 2. The average molecular weight is 491 g/mol. The Kier molecular flexibility index (Phi) is 9.71. The zero-order valence-corrected chi connectivity index (χ0v) is 19.4. The molecule has 1 aliphatic carbocycles. The van der Waals surface area contributed by atoms with Crippen molar-refractivity contribution >= 4 is 23.6 Å². The van der Waals surface area contributed by atoms with E-state index in [9.17, 15) is 22.8 Å². The molecule has 5 N–H and O–H groups in total. The van der Waals surface area contributed by atoms with Crippen molar-refractivity contribution in [2.24, 2.45) is 0 Å². The number of alkyl halides is 3. The lowest BCUT2D eigenvalue weighted by Gasteiger charge is -2.36. The molecular weight excluding hydrogens is 457 g/mol. The van der Waals surface area contributed by atoms with Gasteiger partial charge in [-0.1, -0.05) is 19.3 Å². The third-order valence-electron chi connectivity index (χ3n) is 6.16. The Morgan fingerprint density at radius 1 is 1.24 bits per heavy atom. The summed E-state index contributed by atoms with van der Waals surface area (Å²) in [6, 6.07) is 1.77. The van der Waals surface area contributed by atoms with E-state index in [1.807, 2.05) is 18.7 Å². The van der Waals surface area contributed by atoms with Gasteiger partial charge in [0.2, 0.25) is 5.91 Å². The number of aliphatic carboxylic acids is 1. The minimum atomic E-state index is -5.08. The van der Waals surface area contributed by atoms with Crippen molar-refractivity contribution in [3.63, 3.8) is 0 Å². The van der Waals surface area contributed by atoms with Crippen molar-refractivity contribution in [3.05, 3.63) is 11.8 Å². The van der Waals surface area contributed by atoms with E-state index in [4.69, 9.17) is 15.6 Å². The van der Waals surface area contributed by atoms with Gasteiger partial charge in [-0.2, -0.15) is 18.3 Å². The van der Waals surface area contributed by atoms with Crippen LogP contribution in [-0.2, 0) is 9.59 Å². The van der Waals surface area contributed by atoms with Gasteiger partial charge in [0, 0.05) is 37.8 Å². The molecule has 0 radical (unpaired) electrons. The summed E-state index contributed by atoms with van der Waals surface area (Å²) in [4.78, 5) is 38.7. The summed E-state index contributed by atoms with van der Waals surface area (Å²) in [6.45, 7) is 6.19. The number of carboxylic acids is 1. The first kappa shape index (κ1) is 27.4. The number of anilines is 1.